The molecular formula is C12H12N2O4S2. The third-order valence-corrected chi connectivity index (χ3v) is 5.47. The fourth-order valence-electron chi connectivity index (χ4n) is 1.82. The van der Waals surface area contributed by atoms with Crippen molar-refractivity contribution < 1.29 is 16.8 Å². The third-order valence-electron chi connectivity index (χ3n) is 2.70. The average molecular weight is 312 g/mol. The molecule has 1 aromatic rings. The summed E-state index contributed by atoms with van der Waals surface area (Å²) in [5, 5.41) is 9.67. The van der Waals surface area contributed by atoms with Crippen molar-refractivity contribution in [3.8, 4) is 6.07 Å². The highest BCUT2D eigenvalue weighted by Crippen LogP contribution is 2.12. The highest BCUT2D eigenvalue weighted by molar-refractivity contribution is 7.94. The standard InChI is InChI=1S/C12H12N2O4S2/c13-7-10-1-3-11(4-2-10)8-20(17,18)14-12-5-6-19(15,16)9-12/h1-6,12,14H,8-9H2. The van der Waals surface area contributed by atoms with Gasteiger partial charge in [-0.3, -0.25) is 0 Å². The summed E-state index contributed by atoms with van der Waals surface area (Å²) < 4.78 is 48.6. The van der Waals surface area contributed by atoms with E-state index >= 15 is 0 Å². The van der Waals surface area contributed by atoms with Crippen molar-refractivity contribution in [2.45, 2.75) is 11.8 Å². The number of rotatable bonds is 4. The summed E-state index contributed by atoms with van der Waals surface area (Å²) in [6.45, 7) is 0. The zero-order chi connectivity index (χ0) is 14.8. The van der Waals surface area contributed by atoms with Gasteiger partial charge in [-0.25, -0.2) is 21.6 Å². The zero-order valence-corrected chi connectivity index (χ0v) is 12.0. The van der Waals surface area contributed by atoms with Gasteiger partial charge in [0.2, 0.25) is 10.0 Å². The molecular weight excluding hydrogens is 300 g/mol. The Labute approximate surface area is 117 Å². The Morgan fingerprint density at radius 1 is 1.30 bits per heavy atom. The maximum absolute atomic E-state index is 11.9. The molecule has 0 saturated carbocycles. The van der Waals surface area contributed by atoms with Gasteiger partial charge >= 0.3 is 0 Å². The summed E-state index contributed by atoms with van der Waals surface area (Å²) >= 11 is 0. The quantitative estimate of drug-likeness (QED) is 0.860. The van der Waals surface area contributed by atoms with Gasteiger partial charge in [-0.2, -0.15) is 5.26 Å². The van der Waals surface area contributed by atoms with Crippen LogP contribution in [-0.2, 0) is 25.6 Å². The first-order chi connectivity index (χ1) is 9.30. The van der Waals surface area contributed by atoms with E-state index in [4.69, 9.17) is 5.26 Å². The van der Waals surface area contributed by atoms with Gasteiger partial charge in [0.15, 0.2) is 9.84 Å². The highest BCUT2D eigenvalue weighted by Gasteiger charge is 2.25. The molecule has 1 heterocycles. The Morgan fingerprint density at radius 3 is 2.45 bits per heavy atom. The first-order valence-corrected chi connectivity index (χ1v) is 9.06. The molecule has 0 amide bonds. The number of nitrogens with zero attached hydrogens (tertiary/aromatic N) is 1. The van der Waals surface area contributed by atoms with Crippen LogP contribution >= 0.6 is 0 Å². The van der Waals surface area contributed by atoms with E-state index in [2.05, 4.69) is 4.72 Å². The van der Waals surface area contributed by atoms with Gasteiger partial charge in [-0.05, 0) is 17.7 Å². The van der Waals surface area contributed by atoms with E-state index in [0.29, 0.717) is 11.1 Å². The summed E-state index contributed by atoms with van der Waals surface area (Å²) in [6.07, 6.45) is 1.33. The van der Waals surface area contributed by atoms with E-state index in [1.54, 1.807) is 12.1 Å². The molecule has 0 spiro atoms. The van der Waals surface area contributed by atoms with E-state index in [9.17, 15) is 16.8 Å². The van der Waals surface area contributed by atoms with Gasteiger partial charge in [0.25, 0.3) is 0 Å². The fourth-order valence-corrected chi connectivity index (χ4v) is 4.49. The first-order valence-electron chi connectivity index (χ1n) is 5.70. The molecule has 20 heavy (non-hydrogen) atoms. The van der Waals surface area contributed by atoms with Crippen LogP contribution in [0, 0.1) is 11.3 Å². The summed E-state index contributed by atoms with van der Waals surface area (Å²) in [5.41, 5.74) is 0.977. The predicted molar refractivity (Wildman–Crippen MR) is 73.6 cm³/mol. The molecule has 1 atom stereocenters. The van der Waals surface area contributed by atoms with E-state index in [1.165, 1.54) is 18.2 Å². The minimum Gasteiger partial charge on any atom is -0.224 e. The van der Waals surface area contributed by atoms with Crippen molar-refractivity contribution >= 4 is 19.9 Å². The SMILES string of the molecule is N#Cc1ccc(CS(=O)(=O)NC2C=CS(=O)(=O)C2)cc1. The first kappa shape index (κ1) is 14.7. The Kier molecular flexibility index (Phi) is 3.94. The van der Waals surface area contributed by atoms with Gasteiger partial charge < -0.3 is 0 Å². The largest absolute Gasteiger partial charge is 0.224 e. The summed E-state index contributed by atoms with van der Waals surface area (Å²) in [7, 11) is -6.93. The Hall–Kier alpha value is -1.69. The van der Waals surface area contributed by atoms with Crippen LogP contribution in [0.3, 0.4) is 0 Å². The number of nitrogens with one attached hydrogen (secondary N) is 1. The molecule has 2 rings (SSSR count). The second-order valence-corrected chi connectivity index (χ2v) is 8.14. The molecule has 106 valence electrons. The maximum Gasteiger partial charge on any atom is 0.216 e. The molecule has 0 bridgehead atoms. The van der Waals surface area contributed by atoms with Crippen LogP contribution in [0.5, 0.6) is 0 Å². The molecule has 1 aliphatic rings. The predicted octanol–water partition coefficient (Wildman–Crippen LogP) is 0.288. The fraction of sp³-hybridized carbons (Fsp3) is 0.250. The van der Waals surface area contributed by atoms with Gasteiger partial charge in [-0.15, -0.1) is 0 Å². The van der Waals surface area contributed by atoms with E-state index in [0.717, 1.165) is 5.41 Å². The van der Waals surface area contributed by atoms with Crippen LogP contribution in [0.15, 0.2) is 35.7 Å². The normalized spacial score (nSPS) is 20.6. The van der Waals surface area contributed by atoms with Crippen molar-refractivity contribution in [1.82, 2.24) is 4.72 Å². The summed E-state index contributed by atoms with van der Waals surface area (Å²) in [5.74, 6) is -0.511. The number of sulfone groups is 1. The number of nitriles is 1. The van der Waals surface area contributed by atoms with Gasteiger partial charge in [0, 0.05) is 5.41 Å². The lowest BCUT2D eigenvalue weighted by atomic mass is 10.2. The lowest BCUT2D eigenvalue weighted by Crippen LogP contribution is -2.36. The molecule has 0 aromatic heterocycles. The second-order valence-electron chi connectivity index (χ2n) is 4.45. The molecule has 0 radical (unpaired) electrons. The highest BCUT2D eigenvalue weighted by atomic mass is 32.2. The van der Waals surface area contributed by atoms with E-state index < -0.39 is 25.9 Å². The van der Waals surface area contributed by atoms with Gasteiger partial charge in [-0.1, -0.05) is 18.2 Å². The van der Waals surface area contributed by atoms with Crippen LogP contribution in [0.2, 0.25) is 0 Å². The third kappa shape index (κ3) is 3.90. The van der Waals surface area contributed by atoms with Crippen LogP contribution in [0.1, 0.15) is 11.1 Å². The van der Waals surface area contributed by atoms with E-state index in [-0.39, 0.29) is 11.5 Å². The van der Waals surface area contributed by atoms with E-state index in [1.807, 2.05) is 6.07 Å². The average Bonchev–Trinajstić information content (AvgIpc) is 2.68. The smallest absolute Gasteiger partial charge is 0.216 e. The minimum absolute atomic E-state index is 0.250. The van der Waals surface area contributed by atoms with Crippen molar-refractivity contribution in [1.29, 1.82) is 5.26 Å². The number of hydrogen-bond donors (Lipinski definition) is 1. The minimum atomic E-state index is -3.64. The molecule has 8 heteroatoms. The van der Waals surface area contributed by atoms with Crippen LogP contribution in [0.25, 0.3) is 0 Å². The van der Waals surface area contributed by atoms with Crippen LogP contribution < -0.4 is 4.72 Å². The lowest BCUT2D eigenvalue weighted by molar-refractivity contribution is 0.574. The van der Waals surface area contributed by atoms with Crippen molar-refractivity contribution in [2.24, 2.45) is 0 Å². The van der Waals surface area contributed by atoms with Crippen LogP contribution in [-0.4, -0.2) is 28.6 Å². The maximum atomic E-state index is 11.9. The van der Waals surface area contributed by atoms with Crippen molar-refractivity contribution in [2.75, 3.05) is 5.75 Å². The number of sulfonamides is 1. The molecule has 1 aromatic carbocycles. The lowest BCUT2D eigenvalue weighted by Gasteiger charge is -2.10. The second kappa shape index (κ2) is 5.36. The van der Waals surface area contributed by atoms with Gasteiger partial charge in [0.05, 0.1) is 29.2 Å². The molecule has 6 nitrogen and oxygen atoms in total. The molecule has 0 saturated heterocycles. The Morgan fingerprint density at radius 2 is 1.95 bits per heavy atom. The van der Waals surface area contributed by atoms with Crippen LogP contribution in [0.4, 0.5) is 0 Å². The number of hydrogen-bond acceptors (Lipinski definition) is 5. The molecule has 1 unspecified atom stereocenters. The monoisotopic (exact) mass is 312 g/mol. The molecule has 0 fully saturated rings. The Bertz CT molecular complexity index is 772. The molecule has 0 aliphatic carbocycles. The summed E-state index contributed by atoms with van der Waals surface area (Å²) in [6, 6.07) is 7.40. The summed E-state index contributed by atoms with van der Waals surface area (Å²) in [4.78, 5) is 0. The van der Waals surface area contributed by atoms with Crippen molar-refractivity contribution in [3.05, 3.63) is 46.9 Å². The number of benzene rings is 1. The topological polar surface area (TPSA) is 104 Å². The molecule has 1 aliphatic heterocycles. The van der Waals surface area contributed by atoms with Gasteiger partial charge in [0.1, 0.15) is 0 Å². The van der Waals surface area contributed by atoms with Crippen molar-refractivity contribution in [3.63, 3.8) is 0 Å². The Balaban J connectivity index is 2.04. The zero-order valence-electron chi connectivity index (χ0n) is 10.4. The molecule has 1 N–H and O–H groups in total.